The van der Waals surface area contributed by atoms with Gasteiger partial charge in [0.15, 0.2) is 0 Å². The summed E-state index contributed by atoms with van der Waals surface area (Å²) >= 11 is 12.3. The average Bonchev–Trinajstić information content (AvgIpc) is 3.11. The van der Waals surface area contributed by atoms with Crippen LogP contribution >= 0.6 is 23.2 Å². The Morgan fingerprint density at radius 3 is 2.29 bits per heavy atom. The van der Waals surface area contributed by atoms with Crippen molar-refractivity contribution in [2.75, 3.05) is 17.6 Å². The lowest BCUT2D eigenvalue weighted by Gasteiger charge is -2.18. The molecule has 2 nitrogen and oxygen atoms in total. The van der Waals surface area contributed by atoms with Crippen LogP contribution in [0.2, 0.25) is 10.0 Å². The van der Waals surface area contributed by atoms with Gasteiger partial charge in [0.05, 0.1) is 15.7 Å². The van der Waals surface area contributed by atoms with Crippen LogP contribution in [0.25, 0.3) is 0 Å². The zero-order valence-electron chi connectivity index (χ0n) is 9.60. The largest absolute Gasteiger partial charge is 0.399 e. The van der Waals surface area contributed by atoms with Crippen molar-refractivity contribution >= 4 is 34.6 Å². The van der Waals surface area contributed by atoms with Gasteiger partial charge in [-0.3, -0.25) is 0 Å². The molecule has 0 aliphatic heterocycles. The standard InChI is InChI=1S/C13H16Cl2N2/c14-10-5-9(16)6-11(15)12(10)17-7-13(3-4-13)8-1-2-8/h5-6,8,17H,1-4,7,16H2. The highest BCUT2D eigenvalue weighted by atomic mass is 35.5. The molecule has 3 rings (SSSR count). The van der Waals surface area contributed by atoms with Crippen LogP contribution in [-0.4, -0.2) is 6.54 Å². The van der Waals surface area contributed by atoms with Gasteiger partial charge in [-0.1, -0.05) is 23.2 Å². The highest BCUT2D eigenvalue weighted by Gasteiger charge is 2.53. The van der Waals surface area contributed by atoms with Gasteiger partial charge in [0.25, 0.3) is 0 Å². The number of nitrogens with two attached hydrogens (primary N) is 1. The van der Waals surface area contributed by atoms with E-state index in [0.29, 0.717) is 21.1 Å². The molecule has 1 aromatic rings. The Morgan fingerprint density at radius 2 is 1.82 bits per heavy atom. The third-order valence-corrected chi connectivity index (χ3v) is 4.61. The van der Waals surface area contributed by atoms with E-state index >= 15 is 0 Å². The first-order chi connectivity index (χ1) is 8.11. The van der Waals surface area contributed by atoms with Crippen LogP contribution in [0.4, 0.5) is 11.4 Å². The van der Waals surface area contributed by atoms with E-state index < -0.39 is 0 Å². The van der Waals surface area contributed by atoms with E-state index in [0.717, 1.165) is 18.2 Å². The Kier molecular flexibility index (Phi) is 2.68. The van der Waals surface area contributed by atoms with Crippen LogP contribution < -0.4 is 11.1 Å². The summed E-state index contributed by atoms with van der Waals surface area (Å²) in [5.41, 5.74) is 7.65. The summed E-state index contributed by atoms with van der Waals surface area (Å²) in [6.07, 6.45) is 5.47. The van der Waals surface area contributed by atoms with Crippen molar-refractivity contribution in [3.8, 4) is 0 Å². The number of nitrogens with one attached hydrogen (secondary N) is 1. The van der Waals surface area contributed by atoms with Crippen molar-refractivity contribution in [1.29, 1.82) is 0 Å². The van der Waals surface area contributed by atoms with E-state index in [-0.39, 0.29) is 0 Å². The van der Waals surface area contributed by atoms with E-state index in [1.807, 2.05) is 0 Å². The van der Waals surface area contributed by atoms with Crippen molar-refractivity contribution in [1.82, 2.24) is 0 Å². The van der Waals surface area contributed by atoms with Crippen molar-refractivity contribution in [3.63, 3.8) is 0 Å². The molecule has 2 aliphatic carbocycles. The van der Waals surface area contributed by atoms with Gasteiger partial charge < -0.3 is 11.1 Å². The normalized spacial score (nSPS) is 21.3. The number of nitrogen functional groups attached to an aromatic ring is 1. The van der Waals surface area contributed by atoms with Crippen molar-refractivity contribution in [2.24, 2.45) is 11.3 Å². The fourth-order valence-electron chi connectivity index (χ4n) is 2.61. The predicted molar refractivity (Wildman–Crippen MR) is 73.8 cm³/mol. The average molecular weight is 271 g/mol. The molecule has 0 radical (unpaired) electrons. The van der Waals surface area contributed by atoms with Crippen molar-refractivity contribution < 1.29 is 0 Å². The quantitative estimate of drug-likeness (QED) is 0.806. The molecule has 0 amide bonds. The molecule has 1 aromatic carbocycles. The van der Waals surface area contributed by atoms with Gasteiger partial charge >= 0.3 is 0 Å². The molecule has 4 heteroatoms. The maximum absolute atomic E-state index is 6.15. The fraction of sp³-hybridized carbons (Fsp3) is 0.538. The van der Waals surface area contributed by atoms with E-state index in [1.165, 1.54) is 25.7 Å². The molecule has 0 spiro atoms. The molecule has 2 saturated carbocycles. The number of benzene rings is 1. The van der Waals surface area contributed by atoms with Gasteiger partial charge in [-0.05, 0) is 49.1 Å². The molecule has 2 aliphatic rings. The molecule has 0 unspecified atom stereocenters. The lowest BCUT2D eigenvalue weighted by Crippen LogP contribution is -2.17. The molecule has 0 saturated heterocycles. The number of hydrogen-bond acceptors (Lipinski definition) is 2. The summed E-state index contributed by atoms with van der Waals surface area (Å²) in [6.45, 7) is 0.987. The van der Waals surface area contributed by atoms with E-state index in [4.69, 9.17) is 28.9 Å². The summed E-state index contributed by atoms with van der Waals surface area (Å²) in [4.78, 5) is 0. The van der Waals surface area contributed by atoms with Crippen LogP contribution in [0, 0.1) is 11.3 Å². The number of anilines is 2. The van der Waals surface area contributed by atoms with Gasteiger partial charge in [0.2, 0.25) is 0 Å². The molecule has 0 atom stereocenters. The second kappa shape index (κ2) is 3.96. The van der Waals surface area contributed by atoms with Gasteiger partial charge in [0.1, 0.15) is 0 Å². The molecule has 2 fully saturated rings. The SMILES string of the molecule is Nc1cc(Cl)c(NCC2(C3CC3)CC2)c(Cl)c1. The molecule has 0 bridgehead atoms. The van der Waals surface area contributed by atoms with Gasteiger partial charge in [-0.15, -0.1) is 0 Å². The Balaban J connectivity index is 1.72. The third kappa shape index (κ3) is 2.21. The zero-order valence-corrected chi connectivity index (χ0v) is 11.1. The minimum atomic E-state index is 0.536. The molecular formula is C13H16Cl2N2. The van der Waals surface area contributed by atoms with Crippen molar-refractivity contribution in [2.45, 2.75) is 25.7 Å². The zero-order chi connectivity index (χ0) is 12.0. The molecule has 17 heavy (non-hydrogen) atoms. The first-order valence-corrected chi connectivity index (χ1v) is 6.85. The summed E-state index contributed by atoms with van der Waals surface area (Å²) in [7, 11) is 0. The lowest BCUT2D eigenvalue weighted by atomic mass is 10.0. The Hall–Kier alpha value is -0.600. The third-order valence-electron chi connectivity index (χ3n) is 4.02. The first-order valence-electron chi connectivity index (χ1n) is 6.09. The molecule has 3 N–H and O–H groups in total. The van der Waals surface area contributed by atoms with Crippen LogP contribution in [0.1, 0.15) is 25.7 Å². The summed E-state index contributed by atoms with van der Waals surface area (Å²) in [5, 5.41) is 4.64. The molecule has 0 heterocycles. The predicted octanol–water partition coefficient (Wildman–Crippen LogP) is 4.18. The lowest BCUT2D eigenvalue weighted by molar-refractivity contribution is 0.467. The van der Waals surface area contributed by atoms with E-state index in [1.54, 1.807) is 12.1 Å². The highest BCUT2D eigenvalue weighted by molar-refractivity contribution is 6.39. The summed E-state index contributed by atoms with van der Waals surface area (Å²) in [5.74, 6) is 0.932. The Bertz CT molecular complexity index is 428. The first kappa shape index (κ1) is 11.5. The second-order valence-corrected chi connectivity index (χ2v) is 6.16. The molecule has 0 aromatic heterocycles. The number of hydrogen-bond donors (Lipinski definition) is 2. The fourth-order valence-corrected chi connectivity index (χ4v) is 3.25. The number of rotatable bonds is 4. The molecular weight excluding hydrogens is 255 g/mol. The minimum absolute atomic E-state index is 0.536. The maximum atomic E-state index is 6.15. The molecule has 92 valence electrons. The minimum Gasteiger partial charge on any atom is -0.399 e. The second-order valence-electron chi connectivity index (χ2n) is 5.35. The topological polar surface area (TPSA) is 38.0 Å². The Morgan fingerprint density at radius 1 is 1.24 bits per heavy atom. The van der Waals surface area contributed by atoms with Gasteiger partial charge in [-0.25, -0.2) is 0 Å². The summed E-state index contributed by atoms with van der Waals surface area (Å²) in [6, 6.07) is 3.49. The van der Waals surface area contributed by atoms with E-state index in [9.17, 15) is 0 Å². The number of halogens is 2. The monoisotopic (exact) mass is 270 g/mol. The van der Waals surface area contributed by atoms with Crippen LogP contribution in [0.5, 0.6) is 0 Å². The van der Waals surface area contributed by atoms with Gasteiger partial charge in [-0.2, -0.15) is 0 Å². The smallest absolute Gasteiger partial charge is 0.0720 e. The van der Waals surface area contributed by atoms with Crippen LogP contribution in [-0.2, 0) is 0 Å². The maximum Gasteiger partial charge on any atom is 0.0720 e. The highest BCUT2D eigenvalue weighted by Crippen LogP contribution is 2.61. The van der Waals surface area contributed by atoms with Crippen molar-refractivity contribution in [3.05, 3.63) is 22.2 Å². The van der Waals surface area contributed by atoms with Crippen LogP contribution in [0.15, 0.2) is 12.1 Å². The van der Waals surface area contributed by atoms with E-state index in [2.05, 4.69) is 5.32 Å². The van der Waals surface area contributed by atoms with Gasteiger partial charge in [0, 0.05) is 12.2 Å². The Labute approximate surface area is 111 Å². The van der Waals surface area contributed by atoms with Crippen LogP contribution in [0.3, 0.4) is 0 Å². The summed E-state index contributed by atoms with van der Waals surface area (Å²) < 4.78 is 0.